The van der Waals surface area contributed by atoms with E-state index in [0.717, 1.165) is 0 Å². The first-order valence-corrected chi connectivity index (χ1v) is 3.01. The van der Waals surface area contributed by atoms with Crippen molar-refractivity contribution < 1.29 is 9.90 Å². The summed E-state index contributed by atoms with van der Waals surface area (Å²) < 4.78 is 0. The molecule has 1 aromatic rings. The summed E-state index contributed by atoms with van der Waals surface area (Å²) in [6, 6.07) is 0. The summed E-state index contributed by atoms with van der Waals surface area (Å²) in [4.78, 5) is 17.6. The predicted molar refractivity (Wildman–Crippen MR) is 38.2 cm³/mol. The van der Waals surface area contributed by atoms with E-state index in [0.29, 0.717) is 5.82 Å². The molecule has 0 spiro atoms. The Morgan fingerprint density at radius 2 is 2.45 bits per heavy atom. The van der Waals surface area contributed by atoms with Gasteiger partial charge in [0, 0.05) is 12.4 Å². The lowest BCUT2D eigenvalue weighted by atomic mass is 10.6. The van der Waals surface area contributed by atoms with E-state index in [4.69, 9.17) is 5.11 Å². The van der Waals surface area contributed by atoms with Crippen molar-refractivity contribution >= 4 is 11.8 Å². The minimum Gasteiger partial charge on any atom is -0.480 e. The smallest absolute Gasteiger partial charge is 0.322 e. The van der Waals surface area contributed by atoms with Crippen molar-refractivity contribution in [2.24, 2.45) is 0 Å². The molecule has 0 unspecified atom stereocenters. The molecule has 0 saturated heterocycles. The second-order valence-electron chi connectivity index (χ2n) is 1.84. The van der Waals surface area contributed by atoms with Gasteiger partial charge in [0.05, 0.1) is 6.20 Å². The number of carboxylic acids is 1. The van der Waals surface area contributed by atoms with Crippen molar-refractivity contribution in [2.75, 3.05) is 11.9 Å². The number of hydrogen-bond acceptors (Lipinski definition) is 4. The standard InChI is InChI=1S/C6H7N3O2/c10-6(11)4-9-5-3-7-1-2-8-5/h1-3H,4H2,(H,8,9)(H,10,11). The van der Waals surface area contributed by atoms with E-state index in [1.807, 2.05) is 0 Å². The molecule has 0 aliphatic carbocycles. The fourth-order valence-electron chi connectivity index (χ4n) is 0.557. The van der Waals surface area contributed by atoms with Gasteiger partial charge in [-0.2, -0.15) is 0 Å². The average Bonchev–Trinajstić information content (AvgIpc) is 2.03. The first-order chi connectivity index (χ1) is 5.29. The highest BCUT2D eigenvalue weighted by atomic mass is 16.4. The number of aromatic nitrogens is 2. The second kappa shape index (κ2) is 3.50. The molecular weight excluding hydrogens is 146 g/mol. The minimum absolute atomic E-state index is 0.140. The molecule has 1 rings (SSSR count). The van der Waals surface area contributed by atoms with E-state index in [-0.39, 0.29) is 6.54 Å². The number of anilines is 1. The summed E-state index contributed by atoms with van der Waals surface area (Å²) in [6.07, 6.45) is 4.47. The van der Waals surface area contributed by atoms with Crippen molar-refractivity contribution in [1.82, 2.24) is 9.97 Å². The molecule has 0 aromatic carbocycles. The Morgan fingerprint density at radius 1 is 1.64 bits per heavy atom. The van der Waals surface area contributed by atoms with Crippen LogP contribution in [0.3, 0.4) is 0 Å². The van der Waals surface area contributed by atoms with E-state index >= 15 is 0 Å². The van der Waals surface area contributed by atoms with Crippen LogP contribution in [0.15, 0.2) is 18.6 Å². The number of carboxylic acid groups (broad SMARTS) is 1. The first kappa shape index (κ1) is 7.46. The lowest BCUT2D eigenvalue weighted by Crippen LogP contribution is -2.13. The second-order valence-corrected chi connectivity index (χ2v) is 1.84. The van der Waals surface area contributed by atoms with Crippen molar-refractivity contribution in [3.63, 3.8) is 0 Å². The molecule has 58 valence electrons. The molecule has 5 nitrogen and oxygen atoms in total. The van der Waals surface area contributed by atoms with Gasteiger partial charge in [-0.25, -0.2) is 4.98 Å². The van der Waals surface area contributed by atoms with Crippen LogP contribution in [0.2, 0.25) is 0 Å². The summed E-state index contributed by atoms with van der Waals surface area (Å²) in [5.41, 5.74) is 0. The Morgan fingerprint density at radius 3 is 3.00 bits per heavy atom. The maximum Gasteiger partial charge on any atom is 0.322 e. The van der Waals surface area contributed by atoms with Gasteiger partial charge < -0.3 is 10.4 Å². The third kappa shape index (κ3) is 2.61. The molecule has 0 aliphatic heterocycles. The highest BCUT2D eigenvalue weighted by molar-refractivity contribution is 5.72. The number of nitrogens with zero attached hydrogens (tertiary/aromatic N) is 2. The van der Waals surface area contributed by atoms with Gasteiger partial charge in [-0.3, -0.25) is 9.78 Å². The van der Waals surface area contributed by atoms with Crippen molar-refractivity contribution in [1.29, 1.82) is 0 Å². The van der Waals surface area contributed by atoms with Gasteiger partial charge in [0.15, 0.2) is 0 Å². The molecule has 0 atom stereocenters. The van der Waals surface area contributed by atoms with E-state index < -0.39 is 5.97 Å². The van der Waals surface area contributed by atoms with Crippen LogP contribution in [0.25, 0.3) is 0 Å². The summed E-state index contributed by atoms with van der Waals surface area (Å²) in [7, 11) is 0. The molecule has 1 aromatic heterocycles. The summed E-state index contributed by atoms with van der Waals surface area (Å²) >= 11 is 0. The van der Waals surface area contributed by atoms with Gasteiger partial charge in [-0.1, -0.05) is 0 Å². The third-order valence-electron chi connectivity index (χ3n) is 0.984. The van der Waals surface area contributed by atoms with Crippen LogP contribution in [0.1, 0.15) is 0 Å². The largest absolute Gasteiger partial charge is 0.480 e. The summed E-state index contributed by atoms with van der Waals surface area (Å²) in [5, 5.41) is 10.8. The number of rotatable bonds is 3. The topological polar surface area (TPSA) is 75.1 Å². The number of aliphatic carboxylic acids is 1. The van der Waals surface area contributed by atoms with Crippen LogP contribution in [0.4, 0.5) is 5.82 Å². The van der Waals surface area contributed by atoms with Crippen molar-refractivity contribution in [2.45, 2.75) is 0 Å². The van der Waals surface area contributed by atoms with Crippen LogP contribution in [0.5, 0.6) is 0 Å². The van der Waals surface area contributed by atoms with E-state index in [9.17, 15) is 4.79 Å². The number of nitrogens with one attached hydrogen (secondary N) is 1. The zero-order chi connectivity index (χ0) is 8.10. The molecule has 0 fully saturated rings. The molecule has 1 heterocycles. The highest BCUT2D eigenvalue weighted by Crippen LogP contribution is 1.94. The van der Waals surface area contributed by atoms with Gasteiger partial charge in [0.1, 0.15) is 12.4 Å². The molecular formula is C6H7N3O2. The van der Waals surface area contributed by atoms with E-state index in [1.54, 1.807) is 0 Å². The molecule has 0 radical (unpaired) electrons. The van der Waals surface area contributed by atoms with Gasteiger partial charge >= 0.3 is 5.97 Å². The number of carbonyl (C=O) groups is 1. The molecule has 5 heteroatoms. The molecule has 0 bridgehead atoms. The lowest BCUT2D eigenvalue weighted by molar-refractivity contribution is -0.134. The SMILES string of the molecule is O=C(O)CNc1cnccn1. The van der Waals surface area contributed by atoms with Crippen LogP contribution >= 0.6 is 0 Å². The van der Waals surface area contributed by atoms with Gasteiger partial charge in [0.25, 0.3) is 0 Å². The van der Waals surface area contributed by atoms with Crippen LogP contribution in [0, 0.1) is 0 Å². The molecule has 2 N–H and O–H groups in total. The Bertz CT molecular complexity index is 237. The molecule has 0 saturated carbocycles. The fourth-order valence-corrected chi connectivity index (χ4v) is 0.557. The monoisotopic (exact) mass is 153 g/mol. The Labute approximate surface area is 63.1 Å². The molecule has 0 amide bonds. The summed E-state index contributed by atoms with van der Waals surface area (Å²) in [5.74, 6) is -0.453. The van der Waals surface area contributed by atoms with Gasteiger partial charge in [-0.15, -0.1) is 0 Å². The third-order valence-corrected chi connectivity index (χ3v) is 0.984. The highest BCUT2D eigenvalue weighted by Gasteiger charge is 1.95. The molecule has 0 aliphatic rings. The Balaban J connectivity index is 2.45. The zero-order valence-electron chi connectivity index (χ0n) is 5.69. The van der Waals surface area contributed by atoms with Crippen molar-refractivity contribution in [3.8, 4) is 0 Å². The Kier molecular flexibility index (Phi) is 2.37. The average molecular weight is 153 g/mol. The number of hydrogen-bond donors (Lipinski definition) is 2. The van der Waals surface area contributed by atoms with Crippen LogP contribution in [-0.4, -0.2) is 27.6 Å². The van der Waals surface area contributed by atoms with Crippen LogP contribution in [-0.2, 0) is 4.79 Å². The normalized spacial score (nSPS) is 9.09. The lowest BCUT2D eigenvalue weighted by Gasteiger charge is -1.98. The Hall–Kier alpha value is -1.65. The van der Waals surface area contributed by atoms with E-state index in [1.165, 1.54) is 18.6 Å². The minimum atomic E-state index is -0.921. The zero-order valence-corrected chi connectivity index (χ0v) is 5.69. The predicted octanol–water partition coefficient (Wildman–Crippen LogP) is -0.0269. The quantitative estimate of drug-likeness (QED) is 0.637. The van der Waals surface area contributed by atoms with Crippen molar-refractivity contribution in [3.05, 3.63) is 18.6 Å². The van der Waals surface area contributed by atoms with E-state index in [2.05, 4.69) is 15.3 Å². The van der Waals surface area contributed by atoms with Gasteiger partial charge in [0.2, 0.25) is 0 Å². The fraction of sp³-hybridized carbons (Fsp3) is 0.167. The first-order valence-electron chi connectivity index (χ1n) is 3.01. The van der Waals surface area contributed by atoms with Gasteiger partial charge in [-0.05, 0) is 0 Å². The maximum absolute atomic E-state index is 10.1. The summed E-state index contributed by atoms with van der Waals surface area (Å²) in [6.45, 7) is -0.140. The van der Waals surface area contributed by atoms with Crippen LogP contribution < -0.4 is 5.32 Å². The molecule has 11 heavy (non-hydrogen) atoms. The maximum atomic E-state index is 10.1.